The number of nitrogens with two attached hydrogens (primary N) is 1. The fourth-order valence-corrected chi connectivity index (χ4v) is 1.58. The molecule has 1 aliphatic rings. The molecule has 1 aromatic rings. The minimum absolute atomic E-state index is 0.0756. The van der Waals surface area contributed by atoms with Gasteiger partial charge in [0.25, 0.3) is 5.91 Å². The molecule has 7 nitrogen and oxygen atoms in total. The highest BCUT2D eigenvalue weighted by Crippen LogP contribution is 2.39. The van der Waals surface area contributed by atoms with E-state index in [0.717, 1.165) is 6.08 Å². The van der Waals surface area contributed by atoms with Crippen LogP contribution in [-0.2, 0) is 9.59 Å². The second kappa shape index (κ2) is 5.52. The Labute approximate surface area is 114 Å². The third kappa shape index (κ3) is 3.00. The molecule has 7 heteroatoms. The lowest BCUT2D eigenvalue weighted by Crippen LogP contribution is -2.30. The number of aliphatic carboxylic acids is 1. The summed E-state index contributed by atoms with van der Waals surface area (Å²) in [7, 11) is 0. The number of carboxylic acid groups (broad SMARTS) is 1. The van der Waals surface area contributed by atoms with Crippen LogP contribution in [0.25, 0.3) is 6.08 Å². The van der Waals surface area contributed by atoms with Crippen molar-refractivity contribution in [1.82, 2.24) is 0 Å². The van der Waals surface area contributed by atoms with Gasteiger partial charge in [0.2, 0.25) is 6.79 Å². The van der Waals surface area contributed by atoms with E-state index >= 15 is 0 Å². The summed E-state index contributed by atoms with van der Waals surface area (Å²) >= 11 is 0. The monoisotopic (exact) mass is 279 g/mol. The molecule has 20 heavy (non-hydrogen) atoms. The first-order valence-corrected chi connectivity index (χ1v) is 5.78. The molecule has 0 saturated carbocycles. The summed E-state index contributed by atoms with van der Waals surface area (Å²) in [6, 6.07) is 3.11. The molecule has 2 rings (SSSR count). The third-order valence-corrected chi connectivity index (χ3v) is 2.61. The summed E-state index contributed by atoms with van der Waals surface area (Å²) in [5.74, 6) is -0.497. The molecule has 1 aromatic carbocycles. The lowest BCUT2D eigenvalue weighted by molar-refractivity contribution is -0.131. The standard InChI is InChI=1S/C13H13NO6/c1-7(13(14)17)20-9-5-11-10(18-6-19-11)4-8(9)2-3-12(15)16/h2-5,7H,6H2,1H3,(H2,14,17)(H,15,16). The van der Waals surface area contributed by atoms with Crippen LogP contribution in [0.3, 0.4) is 0 Å². The Hall–Kier alpha value is -2.70. The fraction of sp³-hybridized carbons (Fsp3) is 0.231. The summed E-state index contributed by atoms with van der Waals surface area (Å²) in [5.41, 5.74) is 5.59. The zero-order chi connectivity index (χ0) is 14.7. The highest BCUT2D eigenvalue weighted by Gasteiger charge is 2.19. The van der Waals surface area contributed by atoms with Crippen LogP contribution in [0.15, 0.2) is 18.2 Å². The number of hydrogen-bond acceptors (Lipinski definition) is 5. The minimum atomic E-state index is -1.10. The van der Waals surface area contributed by atoms with Crippen LogP contribution in [0.5, 0.6) is 17.2 Å². The Morgan fingerprint density at radius 3 is 2.65 bits per heavy atom. The van der Waals surface area contributed by atoms with Gasteiger partial charge < -0.3 is 25.1 Å². The highest BCUT2D eigenvalue weighted by atomic mass is 16.7. The van der Waals surface area contributed by atoms with Crippen LogP contribution in [-0.4, -0.2) is 29.9 Å². The first-order chi connectivity index (χ1) is 9.47. The number of carbonyl (C=O) groups is 2. The largest absolute Gasteiger partial charge is 0.480 e. The molecule has 1 atom stereocenters. The van der Waals surface area contributed by atoms with Crippen LogP contribution >= 0.6 is 0 Å². The molecule has 1 amide bonds. The average Bonchev–Trinajstić information content (AvgIpc) is 2.82. The molecule has 1 aliphatic heterocycles. The van der Waals surface area contributed by atoms with Crippen molar-refractivity contribution >= 4 is 18.0 Å². The van der Waals surface area contributed by atoms with E-state index in [2.05, 4.69) is 0 Å². The van der Waals surface area contributed by atoms with E-state index in [0.29, 0.717) is 17.1 Å². The fourth-order valence-electron chi connectivity index (χ4n) is 1.58. The lowest BCUT2D eigenvalue weighted by Gasteiger charge is -2.14. The average molecular weight is 279 g/mol. The molecule has 106 valence electrons. The summed E-state index contributed by atoms with van der Waals surface area (Å²) in [5, 5.41) is 8.67. The van der Waals surface area contributed by atoms with Crippen LogP contribution in [0.4, 0.5) is 0 Å². The number of primary amides is 1. The number of carboxylic acids is 1. The predicted octanol–water partition coefficient (Wildman–Crippen LogP) is 0.766. The number of benzene rings is 1. The van der Waals surface area contributed by atoms with Gasteiger partial charge in [-0.2, -0.15) is 0 Å². The van der Waals surface area contributed by atoms with E-state index in [9.17, 15) is 9.59 Å². The number of hydrogen-bond donors (Lipinski definition) is 2. The molecule has 0 saturated heterocycles. The number of carbonyl (C=O) groups excluding carboxylic acids is 1. The summed E-state index contributed by atoms with van der Waals surface area (Å²) in [4.78, 5) is 21.6. The van der Waals surface area contributed by atoms with E-state index in [1.165, 1.54) is 19.1 Å². The number of ether oxygens (including phenoxy) is 3. The van der Waals surface area contributed by atoms with E-state index < -0.39 is 18.0 Å². The Morgan fingerprint density at radius 2 is 2.05 bits per heavy atom. The van der Waals surface area contributed by atoms with Crippen LogP contribution in [0, 0.1) is 0 Å². The van der Waals surface area contributed by atoms with Gasteiger partial charge in [-0.25, -0.2) is 4.79 Å². The Bertz CT molecular complexity index is 580. The normalized spacial score (nSPS) is 14.2. The van der Waals surface area contributed by atoms with Crippen molar-refractivity contribution < 1.29 is 28.9 Å². The van der Waals surface area contributed by atoms with Crippen molar-refractivity contribution in [1.29, 1.82) is 0 Å². The second-order valence-electron chi connectivity index (χ2n) is 4.08. The lowest BCUT2D eigenvalue weighted by atomic mass is 10.1. The summed E-state index contributed by atoms with van der Waals surface area (Å²) in [6.07, 6.45) is 1.44. The zero-order valence-electron chi connectivity index (χ0n) is 10.7. The molecule has 0 aliphatic carbocycles. The highest BCUT2D eigenvalue weighted by molar-refractivity contribution is 5.86. The van der Waals surface area contributed by atoms with Gasteiger partial charge in [-0.05, 0) is 19.1 Å². The van der Waals surface area contributed by atoms with Gasteiger partial charge in [0.05, 0.1) is 0 Å². The van der Waals surface area contributed by atoms with E-state index in [-0.39, 0.29) is 12.5 Å². The molecule has 3 N–H and O–H groups in total. The Kier molecular flexibility index (Phi) is 3.79. The van der Waals surface area contributed by atoms with Crippen molar-refractivity contribution in [2.45, 2.75) is 13.0 Å². The maximum absolute atomic E-state index is 11.0. The van der Waals surface area contributed by atoms with Crippen molar-refractivity contribution in [2.24, 2.45) is 5.73 Å². The van der Waals surface area contributed by atoms with E-state index in [4.69, 9.17) is 25.1 Å². The van der Waals surface area contributed by atoms with Gasteiger partial charge in [0.15, 0.2) is 17.6 Å². The maximum Gasteiger partial charge on any atom is 0.328 e. The molecular formula is C13H13NO6. The first kappa shape index (κ1) is 13.7. The molecule has 0 bridgehead atoms. The molecule has 0 aromatic heterocycles. The number of rotatable bonds is 5. The molecule has 0 spiro atoms. The van der Waals surface area contributed by atoms with Gasteiger partial charge in [-0.15, -0.1) is 0 Å². The number of fused-ring (bicyclic) bond motifs is 1. The van der Waals surface area contributed by atoms with Gasteiger partial charge in [-0.1, -0.05) is 0 Å². The van der Waals surface area contributed by atoms with Crippen molar-refractivity contribution in [2.75, 3.05) is 6.79 Å². The number of amides is 1. The van der Waals surface area contributed by atoms with Crippen molar-refractivity contribution in [3.8, 4) is 17.2 Å². The Morgan fingerprint density at radius 1 is 1.40 bits per heavy atom. The van der Waals surface area contributed by atoms with Gasteiger partial charge in [0.1, 0.15) is 5.75 Å². The molecular weight excluding hydrogens is 266 g/mol. The quantitative estimate of drug-likeness (QED) is 0.770. The molecule has 0 radical (unpaired) electrons. The molecule has 0 fully saturated rings. The van der Waals surface area contributed by atoms with E-state index in [1.54, 1.807) is 6.07 Å². The van der Waals surface area contributed by atoms with Crippen LogP contribution < -0.4 is 19.9 Å². The molecule has 1 unspecified atom stereocenters. The van der Waals surface area contributed by atoms with Crippen LogP contribution in [0.2, 0.25) is 0 Å². The zero-order valence-corrected chi connectivity index (χ0v) is 10.7. The maximum atomic E-state index is 11.0. The third-order valence-electron chi connectivity index (χ3n) is 2.61. The van der Waals surface area contributed by atoms with Crippen molar-refractivity contribution in [3.63, 3.8) is 0 Å². The smallest absolute Gasteiger partial charge is 0.328 e. The molecule has 1 heterocycles. The van der Waals surface area contributed by atoms with E-state index in [1.807, 2.05) is 0 Å². The predicted molar refractivity (Wildman–Crippen MR) is 68.5 cm³/mol. The Balaban J connectivity index is 2.36. The summed E-state index contributed by atoms with van der Waals surface area (Å²) in [6.45, 7) is 1.57. The van der Waals surface area contributed by atoms with Gasteiger partial charge >= 0.3 is 5.97 Å². The second-order valence-corrected chi connectivity index (χ2v) is 4.08. The van der Waals surface area contributed by atoms with Crippen molar-refractivity contribution in [3.05, 3.63) is 23.8 Å². The first-order valence-electron chi connectivity index (χ1n) is 5.78. The SMILES string of the molecule is CC(Oc1cc2c(cc1C=CC(=O)O)OCO2)C(N)=O. The summed E-state index contributed by atoms with van der Waals surface area (Å²) < 4.78 is 15.8. The minimum Gasteiger partial charge on any atom is -0.480 e. The van der Waals surface area contributed by atoms with Gasteiger partial charge in [-0.3, -0.25) is 4.79 Å². The topological polar surface area (TPSA) is 108 Å². The van der Waals surface area contributed by atoms with Gasteiger partial charge in [0, 0.05) is 17.7 Å². The van der Waals surface area contributed by atoms with Crippen LogP contribution in [0.1, 0.15) is 12.5 Å².